The average molecular weight is 229 g/mol. The molecule has 12 heavy (non-hydrogen) atoms. The lowest BCUT2D eigenvalue weighted by atomic mass is 9.63. The second-order valence-electron chi connectivity index (χ2n) is 5.52. The van der Waals surface area contributed by atoms with E-state index in [0.29, 0.717) is 4.32 Å². The molecule has 3 fully saturated rings. The zero-order valence-corrected chi connectivity index (χ0v) is 9.31. The van der Waals surface area contributed by atoms with Crippen molar-refractivity contribution in [1.82, 2.24) is 0 Å². The Labute approximate surface area is 83.2 Å². The summed E-state index contributed by atoms with van der Waals surface area (Å²) in [4.78, 5) is 0. The summed E-state index contributed by atoms with van der Waals surface area (Å²) < 4.78 is 0.576. The van der Waals surface area contributed by atoms with Crippen LogP contribution in [-0.4, -0.2) is 4.32 Å². The smallest absolute Gasteiger partial charge is 0.0266 e. The molecule has 0 spiro atoms. The van der Waals surface area contributed by atoms with Crippen LogP contribution in [0.4, 0.5) is 0 Å². The highest BCUT2D eigenvalue weighted by Gasteiger charge is 2.55. The van der Waals surface area contributed by atoms with Gasteiger partial charge >= 0.3 is 0 Å². The van der Waals surface area contributed by atoms with E-state index in [-0.39, 0.29) is 0 Å². The molecule has 0 nitrogen and oxygen atoms in total. The van der Waals surface area contributed by atoms with Gasteiger partial charge in [-0.25, -0.2) is 0 Å². The topological polar surface area (TPSA) is 0 Å². The minimum absolute atomic E-state index is 0.576. The molecule has 3 aliphatic rings. The van der Waals surface area contributed by atoms with Crippen LogP contribution in [0.15, 0.2) is 0 Å². The zero-order chi connectivity index (χ0) is 8.34. The number of fused-ring (bicyclic) bond motifs is 1. The first-order valence-electron chi connectivity index (χ1n) is 5.35. The minimum atomic E-state index is 0.576. The Hall–Kier alpha value is 0.480. The Bertz CT molecular complexity index is 209. The third kappa shape index (κ3) is 0.950. The second kappa shape index (κ2) is 2.29. The van der Waals surface area contributed by atoms with Crippen molar-refractivity contribution in [1.29, 1.82) is 0 Å². The van der Waals surface area contributed by atoms with Crippen molar-refractivity contribution in [3.8, 4) is 0 Å². The summed E-state index contributed by atoms with van der Waals surface area (Å²) in [6.45, 7) is 2.44. The maximum atomic E-state index is 3.99. The number of alkyl halides is 1. The Kier molecular flexibility index (Phi) is 1.50. The van der Waals surface area contributed by atoms with Gasteiger partial charge in [0.25, 0.3) is 0 Å². The number of rotatable bonds is 0. The SMILES string of the molecule is CC1CC2CC3CC(Br)(C1)CC23. The monoisotopic (exact) mass is 228 g/mol. The number of hydrogen-bond acceptors (Lipinski definition) is 0. The molecule has 0 amide bonds. The molecule has 0 heterocycles. The van der Waals surface area contributed by atoms with E-state index in [1.807, 2.05) is 0 Å². The van der Waals surface area contributed by atoms with E-state index < -0.39 is 0 Å². The standard InChI is InChI=1S/C11H17Br/c1-7-2-8-3-9-5-11(12,4-7)6-10(8)9/h7-10H,2-6H2,1H3. The third-order valence-electron chi connectivity index (χ3n) is 4.47. The molecular weight excluding hydrogens is 212 g/mol. The molecule has 3 aliphatic carbocycles. The lowest BCUT2D eigenvalue weighted by molar-refractivity contribution is 0.0799. The van der Waals surface area contributed by atoms with Gasteiger partial charge in [0.2, 0.25) is 0 Å². The summed E-state index contributed by atoms with van der Waals surface area (Å²) in [6, 6.07) is 0. The molecule has 3 saturated carbocycles. The maximum Gasteiger partial charge on any atom is 0.0266 e. The van der Waals surface area contributed by atoms with Gasteiger partial charge in [0, 0.05) is 4.32 Å². The molecule has 2 bridgehead atoms. The third-order valence-corrected chi connectivity index (χ3v) is 5.44. The fourth-order valence-electron chi connectivity index (χ4n) is 4.13. The van der Waals surface area contributed by atoms with Crippen molar-refractivity contribution in [2.75, 3.05) is 0 Å². The molecule has 0 aromatic carbocycles. The summed E-state index contributed by atoms with van der Waals surface area (Å²) in [5, 5.41) is 0. The molecular formula is C11H17Br. The lowest BCUT2D eigenvalue weighted by Gasteiger charge is -2.42. The molecule has 5 unspecified atom stereocenters. The first-order valence-corrected chi connectivity index (χ1v) is 6.14. The van der Waals surface area contributed by atoms with Gasteiger partial charge in [0.1, 0.15) is 0 Å². The molecule has 0 aromatic heterocycles. The first kappa shape index (κ1) is 7.84. The molecule has 1 heteroatoms. The van der Waals surface area contributed by atoms with Gasteiger partial charge in [-0.05, 0) is 55.8 Å². The van der Waals surface area contributed by atoms with Crippen LogP contribution in [0.2, 0.25) is 0 Å². The van der Waals surface area contributed by atoms with Gasteiger partial charge in [0.05, 0.1) is 0 Å². The number of hydrogen-bond donors (Lipinski definition) is 0. The van der Waals surface area contributed by atoms with Crippen LogP contribution in [0.5, 0.6) is 0 Å². The van der Waals surface area contributed by atoms with Crippen LogP contribution in [-0.2, 0) is 0 Å². The van der Waals surface area contributed by atoms with E-state index in [1.165, 1.54) is 25.7 Å². The van der Waals surface area contributed by atoms with Crippen LogP contribution >= 0.6 is 15.9 Å². The average Bonchev–Trinajstić information content (AvgIpc) is 2.13. The van der Waals surface area contributed by atoms with E-state index in [4.69, 9.17) is 0 Å². The summed E-state index contributed by atoms with van der Waals surface area (Å²) in [7, 11) is 0. The van der Waals surface area contributed by atoms with Crippen LogP contribution in [0.1, 0.15) is 39.0 Å². The van der Waals surface area contributed by atoms with E-state index in [2.05, 4.69) is 22.9 Å². The van der Waals surface area contributed by atoms with Crippen molar-refractivity contribution >= 4 is 15.9 Å². The highest BCUT2D eigenvalue weighted by atomic mass is 79.9. The van der Waals surface area contributed by atoms with E-state index >= 15 is 0 Å². The maximum absolute atomic E-state index is 3.99. The second-order valence-corrected chi connectivity index (χ2v) is 7.21. The summed E-state index contributed by atoms with van der Waals surface area (Å²) in [5.74, 6) is 4.32. The molecule has 0 aliphatic heterocycles. The molecule has 0 saturated heterocycles. The zero-order valence-electron chi connectivity index (χ0n) is 7.72. The highest BCUT2D eigenvalue weighted by molar-refractivity contribution is 9.10. The van der Waals surface area contributed by atoms with Gasteiger partial charge in [-0.3, -0.25) is 0 Å². The molecule has 0 aromatic rings. The van der Waals surface area contributed by atoms with Crippen molar-refractivity contribution in [3.05, 3.63) is 0 Å². The van der Waals surface area contributed by atoms with Crippen LogP contribution in [0.25, 0.3) is 0 Å². The molecule has 0 N–H and O–H groups in total. The quantitative estimate of drug-likeness (QED) is 0.557. The Balaban J connectivity index is 1.91. The van der Waals surface area contributed by atoms with Gasteiger partial charge in [0.15, 0.2) is 0 Å². The van der Waals surface area contributed by atoms with Gasteiger partial charge in [-0.15, -0.1) is 0 Å². The van der Waals surface area contributed by atoms with Crippen LogP contribution in [0.3, 0.4) is 0 Å². The van der Waals surface area contributed by atoms with Crippen molar-refractivity contribution < 1.29 is 0 Å². The lowest BCUT2D eigenvalue weighted by Crippen LogP contribution is -2.34. The van der Waals surface area contributed by atoms with Crippen LogP contribution < -0.4 is 0 Å². The van der Waals surface area contributed by atoms with Crippen molar-refractivity contribution in [2.45, 2.75) is 43.4 Å². The first-order chi connectivity index (χ1) is 5.66. The number of halogens is 1. The summed E-state index contributed by atoms with van der Waals surface area (Å²) >= 11 is 3.99. The predicted molar refractivity (Wildman–Crippen MR) is 54.4 cm³/mol. The summed E-state index contributed by atoms with van der Waals surface area (Å²) in [6.07, 6.45) is 7.50. The van der Waals surface area contributed by atoms with E-state index in [9.17, 15) is 0 Å². The van der Waals surface area contributed by atoms with Gasteiger partial charge in [-0.1, -0.05) is 22.9 Å². The van der Waals surface area contributed by atoms with Crippen molar-refractivity contribution in [3.63, 3.8) is 0 Å². The molecule has 68 valence electrons. The molecule has 3 rings (SSSR count). The Morgan fingerprint density at radius 1 is 1.08 bits per heavy atom. The molecule has 0 radical (unpaired) electrons. The largest absolute Gasteiger partial charge is 0.0853 e. The fourth-order valence-corrected chi connectivity index (χ4v) is 5.48. The molecule has 5 atom stereocenters. The van der Waals surface area contributed by atoms with Gasteiger partial charge in [-0.2, -0.15) is 0 Å². The normalized spacial score (nSPS) is 62.5. The van der Waals surface area contributed by atoms with Crippen LogP contribution in [0, 0.1) is 23.7 Å². The van der Waals surface area contributed by atoms with Crippen molar-refractivity contribution in [2.24, 2.45) is 23.7 Å². The Morgan fingerprint density at radius 3 is 2.75 bits per heavy atom. The van der Waals surface area contributed by atoms with E-state index in [0.717, 1.165) is 23.7 Å². The summed E-state index contributed by atoms with van der Waals surface area (Å²) in [5.41, 5.74) is 0. The highest BCUT2D eigenvalue weighted by Crippen LogP contribution is 2.63. The predicted octanol–water partition coefficient (Wildman–Crippen LogP) is 3.60. The van der Waals surface area contributed by atoms with Gasteiger partial charge < -0.3 is 0 Å². The van der Waals surface area contributed by atoms with E-state index in [1.54, 1.807) is 6.42 Å². The Morgan fingerprint density at radius 2 is 1.92 bits per heavy atom. The fraction of sp³-hybridized carbons (Fsp3) is 1.00. The minimum Gasteiger partial charge on any atom is -0.0853 e.